The first-order chi connectivity index (χ1) is 12.7. The Morgan fingerprint density at radius 2 is 2.11 bits per heavy atom. The van der Waals surface area contributed by atoms with Crippen molar-refractivity contribution in [1.82, 2.24) is 15.2 Å². The van der Waals surface area contributed by atoms with Gasteiger partial charge >= 0.3 is 0 Å². The molecule has 0 radical (unpaired) electrons. The molecule has 1 atom stereocenters. The van der Waals surface area contributed by atoms with Crippen molar-refractivity contribution in [2.24, 2.45) is 10.9 Å². The fraction of sp³-hybridized carbons (Fsp3) is 0.524. The quantitative estimate of drug-likeness (QED) is 0.387. The van der Waals surface area contributed by atoms with Gasteiger partial charge in [0, 0.05) is 38.2 Å². The molecule has 5 nitrogen and oxygen atoms in total. The number of hydrogen-bond acceptors (Lipinski definition) is 3. The molecule has 2 aromatic rings. The topological polar surface area (TPSA) is 53.7 Å². The van der Waals surface area contributed by atoms with Crippen molar-refractivity contribution in [3.05, 3.63) is 41.8 Å². The lowest BCUT2D eigenvalue weighted by Gasteiger charge is -2.33. The number of nitrogens with one attached hydrogen (secondary N) is 1. The average molecular weight is 482 g/mol. The summed E-state index contributed by atoms with van der Waals surface area (Å²) in [5.41, 5.74) is 3.20. The number of oxazole rings is 1. The fourth-order valence-electron chi connectivity index (χ4n) is 3.33. The second-order valence-corrected chi connectivity index (χ2v) is 7.19. The largest absolute Gasteiger partial charge is 0.444 e. The predicted molar refractivity (Wildman–Crippen MR) is 122 cm³/mol. The molecule has 3 rings (SSSR count). The van der Waals surface area contributed by atoms with E-state index in [9.17, 15) is 0 Å². The third-order valence-corrected chi connectivity index (χ3v) is 4.77. The molecule has 1 aliphatic heterocycles. The fourth-order valence-corrected chi connectivity index (χ4v) is 3.33. The van der Waals surface area contributed by atoms with Crippen LogP contribution >= 0.6 is 24.0 Å². The van der Waals surface area contributed by atoms with Gasteiger partial charge in [-0.2, -0.15) is 0 Å². The Morgan fingerprint density at radius 1 is 1.33 bits per heavy atom. The minimum Gasteiger partial charge on any atom is -0.444 e. The van der Waals surface area contributed by atoms with Gasteiger partial charge in [0.25, 0.3) is 0 Å². The zero-order valence-corrected chi connectivity index (χ0v) is 18.9. The van der Waals surface area contributed by atoms with Crippen molar-refractivity contribution < 1.29 is 4.42 Å². The van der Waals surface area contributed by atoms with Crippen LogP contribution in [0.1, 0.15) is 37.9 Å². The van der Waals surface area contributed by atoms with Gasteiger partial charge in [0.2, 0.25) is 5.89 Å². The van der Waals surface area contributed by atoms with Gasteiger partial charge in [0.15, 0.2) is 5.96 Å². The van der Waals surface area contributed by atoms with E-state index in [-0.39, 0.29) is 24.0 Å². The number of guanidine groups is 1. The molecule has 148 valence electrons. The number of benzene rings is 1. The number of rotatable bonds is 5. The zero-order chi connectivity index (χ0) is 18.4. The van der Waals surface area contributed by atoms with Gasteiger partial charge < -0.3 is 14.6 Å². The zero-order valence-electron chi connectivity index (χ0n) is 16.6. The van der Waals surface area contributed by atoms with E-state index in [0.29, 0.717) is 12.4 Å². The van der Waals surface area contributed by atoms with Crippen molar-refractivity contribution in [1.29, 1.82) is 0 Å². The Bertz CT molecular complexity index is 726. The van der Waals surface area contributed by atoms with E-state index < -0.39 is 0 Å². The second kappa shape index (κ2) is 10.7. The molecule has 1 N–H and O–H groups in total. The van der Waals surface area contributed by atoms with E-state index >= 15 is 0 Å². The molecule has 1 fully saturated rings. The molecular formula is C21H31IN4O. The van der Waals surface area contributed by atoms with Gasteiger partial charge in [-0.05, 0) is 44.7 Å². The summed E-state index contributed by atoms with van der Waals surface area (Å²) in [6, 6.07) is 8.24. The van der Waals surface area contributed by atoms with E-state index in [1.807, 2.05) is 12.1 Å². The van der Waals surface area contributed by atoms with Crippen LogP contribution < -0.4 is 5.32 Å². The highest BCUT2D eigenvalue weighted by atomic mass is 127. The monoisotopic (exact) mass is 482 g/mol. The summed E-state index contributed by atoms with van der Waals surface area (Å²) in [6.45, 7) is 10.3. The van der Waals surface area contributed by atoms with Crippen molar-refractivity contribution in [3.63, 3.8) is 0 Å². The van der Waals surface area contributed by atoms with Crippen molar-refractivity contribution >= 4 is 29.9 Å². The van der Waals surface area contributed by atoms with Gasteiger partial charge in [0.05, 0.1) is 5.69 Å². The van der Waals surface area contributed by atoms with Crippen molar-refractivity contribution in [2.45, 2.75) is 40.0 Å². The standard InChI is InChI=1S/C21H30N4O.HI/c1-4-22-21(25-13-5-6-17(3)14-25)23-12-11-19-15-26-20(24-19)18-9-7-16(2)8-10-18;/h7-10,15,17H,4-6,11-14H2,1-3H3,(H,22,23);1H. The first-order valence-corrected chi connectivity index (χ1v) is 9.70. The molecule has 0 aliphatic carbocycles. The minimum absolute atomic E-state index is 0. The first-order valence-electron chi connectivity index (χ1n) is 9.70. The molecule has 1 unspecified atom stereocenters. The molecule has 1 aromatic heterocycles. The molecule has 0 amide bonds. The molecular weight excluding hydrogens is 451 g/mol. The van der Waals surface area contributed by atoms with Crippen LogP contribution in [0.5, 0.6) is 0 Å². The Morgan fingerprint density at radius 3 is 2.81 bits per heavy atom. The molecule has 1 aliphatic rings. The maximum Gasteiger partial charge on any atom is 0.226 e. The van der Waals surface area contributed by atoms with E-state index in [0.717, 1.165) is 49.2 Å². The molecule has 0 spiro atoms. The number of aromatic nitrogens is 1. The first kappa shape index (κ1) is 21.7. The predicted octanol–water partition coefficient (Wildman–Crippen LogP) is 4.51. The summed E-state index contributed by atoms with van der Waals surface area (Å²) in [6.07, 6.45) is 5.10. The number of nitrogens with zero attached hydrogens (tertiary/aromatic N) is 3. The third-order valence-electron chi connectivity index (χ3n) is 4.77. The lowest BCUT2D eigenvalue weighted by molar-refractivity contribution is 0.266. The highest BCUT2D eigenvalue weighted by Gasteiger charge is 2.19. The van der Waals surface area contributed by atoms with Crippen LogP contribution in [0.4, 0.5) is 0 Å². The van der Waals surface area contributed by atoms with Crippen molar-refractivity contribution in [3.8, 4) is 11.5 Å². The molecule has 1 aromatic carbocycles. The number of halogens is 1. The van der Waals surface area contributed by atoms with Crippen LogP contribution in [0.2, 0.25) is 0 Å². The lowest BCUT2D eigenvalue weighted by Crippen LogP contribution is -2.46. The van der Waals surface area contributed by atoms with E-state index in [2.05, 4.69) is 48.1 Å². The van der Waals surface area contributed by atoms with E-state index in [4.69, 9.17) is 9.41 Å². The summed E-state index contributed by atoms with van der Waals surface area (Å²) < 4.78 is 5.64. The Balaban J connectivity index is 0.00000261. The van der Waals surface area contributed by atoms with Crippen LogP contribution in [-0.2, 0) is 6.42 Å². The lowest BCUT2D eigenvalue weighted by atomic mass is 10.0. The Hall–Kier alpha value is -1.57. The number of aryl methyl sites for hydroxylation is 1. The average Bonchev–Trinajstić information content (AvgIpc) is 3.10. The SMILES string of the molecule is CCNC(=NCCc1coc(-c2ccc(C)cc2)n1)N1CCCC(C)C1.I. The van der Waals surface area contributed by atoms with Crippen molar-refractivity contribution in [2.75, 3.05) is 26.2 Å². The molecule has 0 saturated carbocycles. The molecule has 6 heteroatoms. The summed E-state index contributed by atoms with van der Waals surface area (Å²) in [5.74, 6) is 2.45. The maximum absolute atomic E-state index is 5.64. The van der Waals surface area contributed by atoms with Gasteiger partial charge in [-0.25, -0.2) is 4.98 Å². The highest BCUT2D eigenvalue weighted by Crippen LogP contribution is 2.19. The number of likely N-dealkylation sites (tertiary alicyclic amines) is 1. The summed E-state index contributed by atoms with van der Waals surface area (Å²) >= 11 is 0. The summed E-state index contributed by atoms with van der Waals surface area (Å²) in [7, 11) is 0. The molecule has 27 heavy (non-hydrogen) atoms. The number of piperidine rings is 1. The highest BCUT2D eigenvalue weighted by molar-refractivity contribution is 14.0. The molecule has 1 saturated heterocycles. The van der Waals surface area contributed by atoms with Gasteiger partial charge in [-0.3, -0.25) is 4.99 Å². The van der Waals surface area contributed by atoms with Crippen LogP contribution in [0.25, 0.3) is 11.5 Å². The van der Waals surface area contributed by atoms with Crippen LogP contribution in [0, 0.1) is 12.8 Å². The molecule has 2 heterocycles. The van der Waals surface area contributed by atoms with Crippen LogP contribution in [0.3, 0.4) is 0 Å². The second-order valence-electron chi connectivity index (χ2n) is 7.19. The van der Waals surface area contributed by atoms with Crippen LogP contribution in [0.15, 0.2) is 39.9 Å². The Labute approximate surface area is 179 Å². The van der Waals surface area contributed by atoms with E-state index in [1.54, 1.807) is 6.26 Å². The number of aliphatic imine (C=N–C) groups is 1. The van der Waals surface area contributed by atoms with Gasteiger partial charge in [0.1, 0.15) is 6.26 Å². The smallest absolute Gasteiger partial charge is 0.226 e. The normalized spacial score (nSPS) is 17.5. The third kappa shape index (κ3) is 6.23. The number of hydrogen-bond donors (Lipinski definition) is 1. The van der Waals surface area contributed by atoms with Gasteiger partial charge in [-0.15, -0.1) is 24.0 Å². The Kier molecular flexibility index (Phi) is 8.60. The maximum atomic E-state index is 5.64. The summed E-state index contributed by atoms with van der Waals surface area (Å²) in [4.78, 5) is 11.8. The van der Waals surface area contributed by atoms with Gasteiger partial charge in [-0.1, -0.05) is 24.6 Å². The molecule has 0 bridgehead atoms. The van der Waals surface area contributed by atoms with Crippen LogP contribution in [-0.4, -0.2) is 42.0 Å². The minimum atomic E-state index is 0. The summed E-state index contributed by atoms with van der Waals surface area (Å²) in [5, 5.41) is 3.43. The van der Waals surface area contributed by atoms with E-state index in [1.165, 1.54) is 18.4 Å².